The molecule has 2 nitrogen and oxygen atoms in total. The molecule has 0 aromatic heterocycles. The maximum atomic E-state index is 3.79. The molecule has 1 saturated carbocycles. The molecule has 2 aliphatic rings. The van der Waals surface area contributed by atoms with Gasteiger partial charge in [0, 0.05) is 18.6 Å². The van der Waals surface area contributed by atoms with Gasteiger partial charge in [0.25, 0.3) is 0 Å². The van der Waals surface area contributed by atoms with Gasteiger partial charge in [0.1, 0.15) is 0 Å². The van der Waals surface area contributed by atoms with Gasteiger partial charge in [-0.2, -0.15) is 0 Å². The Balaban J connectivity index is 1.76. The Morgan fingerprint density at radius 2 is 2.07 bits per heavy atom. The van der Waals surface area contributed by atoms with Crippen molar-refractivity contribution in [2.75, 3.05) is 13.1 Å². The Bertz CT molecular complexity index is 195. The Hall–Kier alpha value is -0.0800. The highest BCUT2D eigenvalue weighted by Crippen LogP contribution is 2.35. The fourth-order valence-corrected chi connectivity index (χ4v) is 3.09. The van der Waals surface area contributed by atoms with E-state index in [0.29, 0.717) is 5.41 Å². The van der Waals surface area contributed by atoms with Crippen molar-refractivity contribution < 1.29 is 0 Å². The molecule has 2 fully saturated rings. The van der Waals surface area contributed by atoms with Gasteiger partial charge in [0.05, 0.1) is 0 Å². The fraction of sp³-hybridized carbons (Fsp3) is 1.00. The van der Waals surface area contributed by atoms with Gasteiger partial charge in [-0.25, -0.2) is 0 Å². The lowest BCUT2D eigenvalue weighted by Gasteiger charge is -2.39. The summed E-state index contributed by atoms with van der Waals surface area (Å²) in [5, 5.41) is 7.35. The third-order valence-electron chi connectivity index (χ3n) is 4.28. The van der Waals surface area contributed by atoms with Crippen molar-refractivity contribution in [1.29, 1.82) is 0 Å². The number of rotatable bonds is 3. The molecule has 0 spiro atoms. The van der Waals surface area contributed by atoms with Crippen LogP contribution in [0.15, 0.2) is 0 Å². The molecule has 0 radical (unpaired) electrons. The predicted octanol–water partition coefficient (Wildman–Crippen LogP) is 2.30. The average Bonchev–Trinajstić information content (AvgIpc) is 2.68. The minimum absolute atomic E-state index is 0.511. The van der Waals surface area contributed by atoms with E-state index in [-0.39, 0.29) is 0 Å². The summed E-state index contributed by atoms with van der Waals surface area (Å²) >= 11 is 0. The normalized spacial score (nSPS) is 35.6. The van der Waals surface area contributed by atoms with E-state index in [4.69, 9.17) is 0 Å². The Labute approximate surface area is 94.2 Å². The van der Waals surface area contributed by atoms with Crippen LogP contribution in [0.5, 0.6) is 0 Å². The lowest BCUT2D eigenvalue weighted by molar-refractivity contribution is 0.165. The summed E-state index contributed by atoms with van der Waals surface area (Å²) in [4.78, 5) is 0. The Morgan fingerprint density at radius 1 is 1.20 bits per heavy atom. The van der Waals surface area contributed by atoms with Crippen molar-refractivity contribution in [1.82, 2.24) is 10.6 Å². The summed E-state index contributed by atoms with van der Waals surface area (Å²) < 4.78 is 0. The van der Waals surface area contributed by atoms with E-state index in [2.05, 4.69) is 24.5 Å². The first-order valence-electron chi connectivity index (χ1n) is 6.65. The second-order valence-corrected chi connectivity index (χ2v) is 5.99. The van der Waals surface area contributed by atoms with E-state index in [9.17, 15) is 0 Å². The van der Waals surface area contributed by atoms with Gasteiger partial charge < -0.3 is 10.6 Å². The molecular weight excluding hydrogens is 184 g/mol. The molecule has 15 heavy (non-hydrogen) atoms. The first kappa shape index (κ1) is 11.4. The predicted molar refractivity (Wildman–Crippen MR) is 65.1 cm³/mol. The first-order chi connectivity index (χ1) is 7.18. The van der Waals surface area contributed by atoms with Crippen LogP contribution in [-0.2, 0) is 0 Å². The molecule has 2 rings (SSSR count). The molecular formula is C13H26N2. The van der Waals surface area contributed by atoms with Crippen LogP contribution in [0.4, 0.5) is 0 Å². The second-order valence-electron chi connectivity index (χ2n) is 5.99. The van der Waals surface area contributed by atoms with E-state index in [1.54, 1.807) is 0 Å². The molecule has 0 bridgehead atoms. The maximum Gasteiger partial charge on any atom is 0.0193 e. The van der Waals surface area contributed by atoms with Gasteiger partial charge >= 0.3 is 0 Å². The van der Waals surface area contributed by atoms with Gasteiger partial charge in [-0.3, -0.25) is 0 Å². The fourth-order valence-electron chi connectivity index (χ4n) is 3.09. The third kappa shape index (κ3) is 2.94. The molecule has 2 heteroatoms. The molecule has 0 aromatic rings. The highest BCUT2D eigenvalue weighted by atomic mass is 15.0. The topological polar surface area (TPSA) is 24.1 Å². The molecule has 1 aliphatic heterocycles. The van der Waals surface area contributed by atoms with Gasteiger partial charge in [0.2, 0.25) is 0 Å². The molecule has 0 amide bonds. The van der Waals surface area contributed by atoms with Crippen LogP contribution in [0, 0.1) is 5.41 Å². The molecule has 2 atom stereocenters. The quantitative estimate of drug-likeness (QED) is 0.747. The van der Waals surface area contributed by atoms with Gasteiger partial charge in [-0.05, 0) is 37.6 Å². The number of nitrogens with one attached hydrogen (secondary N) is 2. The van der Waals surface area contributed by atoms with Crippen LogP contribution in [0.1, 0.15) is 52.4 Å². The van der Waals surface area contributed by atoms with E-state index in [0.717, 1.165) is 12.1 Å². The Kier molecular flexibility index (Phi) is 3.68. The number of hydrogen-bond acceptors (Lipinski definition) is 2. The van der Waals surface area contributed by atoms with Crippen molar-refractivity contribution in [3.05, 3.63) is 0 Å². The van der Waals surface area contributed by atoms with E-state index in [1.165, 1.54) is 51.6 Å². The van der Waals surface area contributed by atoms with E-state index < -0.39 is 0 Å². The lowest BCUT2D eigenvalue weighted by atomic mass is 9.73. The highest BCUT2D eigenvalue weighted by Gasteiger charge is 2.32. The molecule has 1 heterocycles. The van der Waals surface area contributed by atoms with Gasteiger partial charge in [0.15, 0.2) is 0 Å². The van der Waals surface area contributed by atoms with Gasteiger partial charge in [-0.15, -0.1) is 0 Å². The van der Waals surface area contributed by atoms with Crippen LogP contribution in [-0.4, -0.2) is 25.2 Å². The summed E-state index contributed by atoms with van der Waals surface area (Å²) in [6, 6.07) is 1.48. The summed E-state index contributed by atoms with van der Waals surface area (Å²) in [5.74, 6) is 0. The SMILES string of the molecule is CC1(C)CCCCC1NCC1CCCN1. The maximum absolute atomic E-state index is 3.79. The van der Waals surface area contributed by atoms with Crippen LogP contribution in [0.2, 0.25) is 0 Å². The van der Waals surface area contributed by atoms with Crippen molar-refractivity contribution in [2.45, 2.75) is 64.5 Å². The van der Waals surface area contributed by atoms with Crippen molar-refractivity contribution in [3.63, 3.8) is 0 Å². The standard InChI is InChI=1S/C13H26N2/c1-13(2)8-4-3-7-12(13)15-10-11-6-5-9-14-11/h11-12,14-15H,3-10H2,1-2H3. The third-order valence-corrected chi connectivity index (χ3v) is 4.28. The van der Waals surface area contributed by atoms with Crippen LogP contribution < -0.4 is 10.6 Å². The summed E-state index contributed by atoms with van der Waals surface area (Å²) in [6.07, 6.45) is 8.33. The van der Waals surface area contributed by atoms with Crippen LogP contribution in [0.3, 0.4) is 0 Å². The molecule has 2 unspecified atom stereocenters. The Morgan fingerprint density at radius 3 is 2.73 bits per heavy atom. The monoisotopic (exact) mass is 210 g/mol. The minimum atomic E-state index is 0.511. The molecule has 88 valence electrons. The number of hydrogen-bond donors (Lipinski definition) is 2. The second kappa shape index (κ2) is 4.84. The zero-order valence-electron chi connectivity index (χ0n) is 10.3. The summed E-state index contributed by atoms with van der Waals surface area (Å²) in [6.45, 7) is 7.24. The zero-order valence-corrected chi connectivity index (χ0v) is 10.3. The summed E-state index contributed by atoms with van der Waals surface area (Å²) in [5.41, 5.74) is 0.511. The molecule has 0 aromatic carbocycles. The summed E-state index contributed by atoms with van der Waals surface area (Å²) in [7, 11) is 0. The van der Waals surface area contributed by atoms with E-state index >= 15 is 0 Å². The van der Waals surface area contributed by atoms with Gasteiger partial charge in [-0.1, -0.05) is 26.7 Å². The average molecular weight is 210 g/mol. The van der Waals surface area contributed by atoms with Crippen molar-refractivity contribution in [2.24, 2.45) is 5.41 Å². The van der Waals surface area contributed by atoms with Crippen molar-refractivity contribution >= 4 is 0 Å². The largest absolute Gasteiger partial charge is 0.313 e. The smallest absolute Gasteiger partial charge is 0.0193 e. The van der Waals surface area contributed by atoms with Crippen molar-refractivity contribution in [3.8, 4) is 0 Å². The van der Waals surface area contributed by atoms with Crippen LogP contribution in [0.25, 0.3) is 0 Å². The lowest BCUT2D eigenvalue weighted by Crippen LogP contribution is -2.48. The minimum Gasteiger partial charge on any atom is -0.313 e. The first-order valence-corrected chi connectivity index (χ1v) is 6.65. The highest BCUT2D eigenvalue weighted by molar-refractivity contribution is 4.89. The van der Waals surface area contributed by atoms with Crippen LogP contribution >= 0.6 is 0 Å². The molecule has 1 aliphatic carbocycles. The zero-order chi connectivity index (χ0) is 10.7. The van der Waals surface area contributed by atoms with E-state index in [1.807, 2.05) is 0 Å². The molecule has 1 saturated heterocycles. The molecule has 2 N–H and O–H groups in total.